The van der Waals surface area contributed by atoms with Crippen molar-refractivity contribution in [1.29, 1.82) is 0 Å². The lowest BCUT2D eigenvalue weighted by molar-refractivity contribution is -1.92. The largest absolute Gasteiger partial charge is 0.317 e. The Hall–Kier alpha value is 0.0900. The van der Waals surface area contributed by atoms with Gasteiger partial charge in [0.25, 0.3) is 0 Å². The molecule has 6 heteroatoms. The molecule has 1 aliphatic rings. The van der Waals surface area contributed by atoms with Gasteiger partial charge in [0, 0.05) is 0 Å². The van der Waals surface area contributed by atoms with Gasteiger partial charge >= 0.3 is 0 Å². The SMILES string of the molecule is C1CNC1.[O-][Cl+3]([O-])([O-])O. The predicted octanol–water partition coefficient (Wildman–Crippen LogP) is -4.14. The zero-order valence-corrected chi connectivity index (χ0v) is 5.43. The Bertz CT molecular complexity index is 58.7. The van der Waals surface area contributed by atoms with E-state index in [-0.39, 0.29) is 0 Å². The van der Waals surface area contributed by atoms with Crippen LogP contribution in [0.1, 0.15) is 6.42 Å². The Balaban J connectivity index is 0.000000144. The molecular weight excluding hydrogens is 149 g/mol. The first-order valence-electron chi connectivity index (χ1n) is 2.34. The van der Waals surface area contributed by atoms with Crippen molar-refractivity contribution in [1.82, 2.24) is 5.32 Å². The molecular formula is C3H8ClNO4. The van der Waals surface area contributed by atoms with Crippen LogP contribution in [0.5, 0.6) is 0 Å². The maximum absolute atomic E-state index is 8.60. The first kappa shape index (κ1) is 9.09. The molecule has 0 saturated carbocycles. The first-order chi connectivity index (χ1) is 4.00. The van der Waals surface area contributed by atoms with E-state index in [4.69, 9.17) is 18.6 Å². The van der Waals surface area contributed by atoms with Crippen molar-refractivity contribution in [2.75, 3.05) is 13.1 Å². The molecule has 0 unspecified atom stereocenters. The Morgan fingerprint density at radius 3 is 1.33 bits per heavy atom. The summed E-state index contributed by atoms with van der Waals surface area (Å²) in [6.45, 7) is 2.50. The lowest BCUT2D eigenvalue weighted by Gasteiger charge is -2.09. The number of hydrogen-bond acceptors (Lipinski definition) is 5. The van der Waals surface area contributed by atoms with Gasteiger partial charge in [-0.05, 0) is 19.5 Å². The van der Waals surface area contributed by atoms with Gasteiger partial charge in [-0.3, -0.25) is 0 Å². The highest BCUT2D eigenvalue weighted by Crippen LogP contribution is 1.80. The minimum atomic E-state index is -4.69. The third-order valence-electron chi connectivity index (χ3n) is 0.707. The summed E-state index contributed by atoms with van der Waals surface area (Å²) in [5.41, 5.74) is 0. The lowest BCUT2D eigenvalue weighted by atomic mass is 10.3. The van der Waals surface area contributed by atoms with E-state index >= 15 is 0 Å². The van der Waals surface area contributed by atoms with Crippen molar-refractivity contribution >= 4 is 0 Å². The molecule has 1 saturated heterocycles. The Labute approximate surface area is 54.7 Å². The average molecular weight is 158 g/mol. The topological polar surface area (TPSA) is 101 Å². The zero-order chi connectivity index (χ0) is 7.33. The van der Waals surface area contributed by atoms with E-state index in [0.717, 1.165) is 0 Å². The van der Waals surface area contributed by atoms with Crippen LogP contribution in [0.25, 0.3) is 0 Å². The van der Waals surface area contributed by atoms with Crippen LogP contribution in [-0.4, -0.2) is 17.7 Å². The second kappa shape index (κ2) is 3.99. The summed E-state index contributed by atoms with van der Waals surface area (Å²) < 4.78 is 32.7. The Kier molecular flexibility index (Phi) is 4.03. The van der Waals surface area contributed by atoms with Gasteiger partial charge in [0.05, 0.1) is 14.9 Å². The van der Waals surface area contributed by atoms with E-state index in [1.165, 1.54) is 19.5 Å². The van der Waals surface area contributed by atoms with Crippen molar-refractivity contribution in [3.63, 3.8) is 0 Å². The van der Waals surface area contributed by atoms with Crippen molar-refractivity contribution in [3.05, 3.63) is 0 Å². The molecule has 56 valence electrons. The van der Waals surface area contributed by atoms with Crippen LogP contribution >= 0.6 is 0 Å². The summed E-state index contributed by atoms with van der Waals surface area (Å²) in [4.78, 5) is 0. The van der Waals surface area contributed by atoms with Gasteiger partial charge in [-0.1, -0.05) is 0 Å². The first-order valence-corrected chi connectivity index (χ1v) is 3.60. The molecule has 1 heterocycles. The molecule has 1 fully saturated rings. The van der Waals surface area contributed by atoms with Crippen molar-refractivity contribution in [3.8, 4) is 0 Å². The van der Waals surface area contributed by atoms with E-state index in [1.54, 1.807) is 0 Å². The van der Waals surface area contributed by atoms with Crippen LogP contribution in [0.4, 0.5) is 0 Å². The smallest absolute Gasteiger partial charge is 0.0777 e. The van der Waals surface area contributed by atoms with Crippen molar-refractivity contribution in [2.45, 2.75) is 6.42 Å². The highest BCUT2D eigenvalue weighted by Gasteiger charge is 1.98. The molecule has 0 radical (unpaired) electrons. The third kappa shape index (κ3) is 17.9. The Morgan fingerprint density at radius 1 is 1.22 bits per heavy atom. The standard InChI is InChI=1S/C3H7N.ClHO4/c1-2-4-3-1;2-1(3,4)5/h4H,1-3H2;(H,2,3,4,5). The monoisotopic (exact) mass is 157 g/mol. The fourth-order valence-corrected chi connectivity index (χ4v) is 0.177. The van der Waals surface area contributed by atoms with Gasteiger partial charge in [-0.25, -0.2) is 0 Å². The number of hydrogen-bond donors (Lipinski definition) is 2. The number of rotatable bonds is 0. The molecule has 0 aromatic heterocycles. The second-order valence-corrected chi connectivity index (χ2v) is 2.29. The minimum absolute atomic E-state index is 1.25. The molecule has 9 heavy (non-hydrogen) atoms. The van der Waals surface area contributed by atoms with Crippen LogP contribution in [0, 0.1) is 10.2 Å². The molecule has 1 rings (SSSR count). The number of nitrogens with one attached hydrogen (secondary N) is 1. The molecule has 5 nitrogen and oxygen atoms in total. The second-order valence-electron chi connectivity index (χ2n) is 1.50. The molecule has 0 aromatic rings. The molecule has 0 aromatic carbocycles. The summed E-state index contributed by atoms with van der Waals surface area (Å²) in [7, 11) is -4.69. The summed E-state index contributed by atoms with van der Waals surface area (Å²) in [6.07, 6.45) is 1.39. The van der Waals surface area contributed by atoms with Crippen LogP contribution < -0.4 is 19.3 Å². The van der Waals surface area contributed by atoms with Gasteiger partial charge < -0.3 is 5.32 Å². The summed E-state index contributed by atoms with van der Waals surface area (Å²) >= 11 is 0. The number of halogens is 1. The van der Waals surface area contributed by atoms with Gasteiger partial charge in [-0.15, -0.1) is 0 Å². The van der Waals surface area contributed by atoms with Gasteiger partial charge in [0.2, 0.25) is 0 Å². The molecule has 2 N–H and O–H groups in total. The van der Waals surface area contributed by atoms with Crippen LogP contribution in [0.3, 0.4) is 0 Å². The Morgan fingerprint density at radius 2 is 1.33 bits per heavy atom. The maximum atomic E-state index is 8.60. The van der Waals surface area contributed by atoms with Crippen molar-refractivity contribution < 1.29 is 28.9 Å². The summed E-state index contributed by atoms with van der Waals surface area (Å²) in [5, 5.41) is 3.11. The predicted molar refractivity (Wildman–Crippen MR) is 19.7 cm³/mol. The third-order valence-corrected chi connectivity index (χ3v) is 0.707. The van der Waals surface area contributed by atoms with Crippen molar-refractivity contribution in [2.24, 2.45) is 0 Å². The molecule has 0 aliphatic carbocycles. The maximum Gasteiger partial charge on any atom is 0.0777 e. The summed E-state index contributed by atoms with van der Waals surface area (Å²) in [6, 6.07) is 0. The van der Waals surface area contributed by atoms with E-state index in [9.17, 15) is 0 Å². The van der Waals surface area contributed by atoms with Gasteiger partial charge in [-0.2, -0.15) is 14.0 Å². The highest BCUT2D eigenvalue weighted by molar-refractivity contribution is 4.56. The average Bonchev–Trinajstić information content (AvgIpc) is 1.12. The minimum Gasteiger partial charge on any atom is -0.317 e. The zero-order valence-electron chi connectivity index (χ0n) is 4.67. The van der Waals surface area contributed by atoms with E-state index in [1.807, 2.05) is 0 Å². The quantitative estimate of drug-likeness (QED) is 0.372. The normalized spacial score (nSPS) is 17.3. The molecule has 0 bridgehead atoms. The fraction of sp³-hybridized carbons (Fsp3) is 1.00. The lowest BCUT2D eigenvalue weighted by Crippen LogP contribution is -2.58. The van der Waals surface area contributed by atoms with Crippen LogP contribution in [-0.2, 0) is 0 Å². The fourth-order valence-electron chi connectivity index (χ4n) is 0.177. The molecule has 0 spiro atoms. The molecule has 1 aliphatic heterocycles. The van der Waals surface area contributed by atoms with E-state index < -0.39 is 10.2 Å². The highest BCUT2D eigenvalue weighted by atomic mass is 35.7. The van der Waals surface area contributed by atoms with Gasteiger partial charge in [0.1, 0.15) is 0 Å². The molecule has 0 atom stereocenters. The van der Waals surface area contributed by atoms with E-state index in [0.29, 0.717) is 0 Å². The van der Waals surface area contributed by atoms with Crippen LogP contribution in [0.2, 0.25) is 0 Å². The summed E-state index contributed by atoms with van der Waals surface area (Å²) in [5.74, 6) is 0. The molecule has 0 amide bonds. The van der Waals surface area contributed by atoms with Gasteiger partial charge in [0.15, 0.2) is 0 Å². The van der Waals surface area contributed by atoms with E-state index in [2.05, 4.69) is 5.32 Å². The van der Waals surface area contributed by atoms with Crippen LogP contribution in [0.15, 0.2) is 0 Å².